The molecule has 0 N–H and O–H groups in total. The van der Waals surface area contributed by atoms with Crippen molar-refractivity contribution in [2.24, 2.45) is 0 Å². The van der Waals surface area contributed by atoms with E-state index in [0.717, 1.165) is 35.2 Å². The van der Waals surface area contributed by atoms with Gasteiger partial charge in [-0.25, -0.2) is 0 Å². The van der Waals surface area contributed by atoms with Gasteiger partial charge in [-0.2, -0.15) is 13.2 Å². The summed E-state index contributed by atoms with van der Waals surface area (Å²) in [5, 5.41) is 0. The normalized spacial score (nSPS) is 12.5. The fourth-order valence-electron chi connectivity index (χ4n) is 4.03. The number of ether oxygens (including phenoxy) is 2. The molecular weight excluding hydrogens is 475 g/mol. The second kappa shape index (κ2) is 14.8. The van der Waals surface area contributed by atoms with Gasteiger partial charge in [-0.1, -0.05) is 88.4 Å². The van der Waals surface area contributed by atoms with Crippen LogP contribution in [0.15, 0.2) is 66.9 Å². The Labute approximate surface area is 219 Å². The molecule has 3 aromatic rings. The molecule has 0 bridgehead atoms. The van der Waals surface area contributed by atoms with Crippen LogP contribution in [0, 0.1) is 0 Å². The SMILES string of the molecule is CCCCCCCc1ccc(-c2ccc(-c3ccc(OCC(OCCCC)C(F)(F)F)cc3)cc2)nc1. The van der Waals surface area contributed by atoms with Crippen LogP contribution in [0.3, 0.4) is 0 Å². The number of benzene rings is 2. The molecule has 0 radical (unpaired) electrons. The van der Waals surface area contributed by atoms with Crippen LogP contribution in [0.5, 0.6) is 5.75 Å². The van der Waals surface area contributed by atoms with E-state index in [2.05, 4.69) is 24.0 Å². The van der Waals surface area contributed by atoms with E-state index < -0.39 is 18.9 Å². The molecule has 0 amide bonds. The average molecular weight is 514 g/mol. The maximum Gasteiger partial charge on any atom is 0.417 e. The van der Waals surface area contributed by atoms with Crippen LogP contribution in [0.1, 0.15) is 64.4 Å². The number of alkyl halides is 3. The number of unbranched alkanes of at least 4 members (excludes halogenated alkanes) is 5. The highest BCUT2D eigenvalue weighted by molar-refractivity contribution is 5.69. The van der Waals surface area contributed by atoms with E-state index in [-0.39, 0.29) is 6.61 Å². The topological polar surface area (TPSA) is 31.4 Å². The van der Waals surface area contributed by atoms with Gasteiger partial charge in [-0.15, -0.1) is 0 Å². The van der Waals surface area contributed by atoms with Crippen LogP contribution < -0.4 is 4.74 Å². The first-order valence-corrected chi connectivity index (χ1v) is 13.4. The van der Waals surface area contributed by atoms with Crippen LogP contribution in [-0.4, -0.2) is 30.5 Å². The van der Waals surface area contributed by atoms with E-state index in [9.17, 15) is 13.2 Å². The first-order valence-electron chi connectivity index (χ1n) is 13.4. The molecule has 1 atom stereocenters. The number of rotatable bonds is 15. The highest BCUT2D eigenvalue weighted by Crippen LogP contribution is 2.27. The Morgan fingerprint density at radius 2 is 1.35 bits per heavy atom. The minimum Gasteiger partial charge on any atom is -0.491 e. The van der Waals surface area contributed by atoms with E-state index >= 15 is 0 Å². The van der Waals surface area contributed by atoms with Gasteiger partial charge < -0.3 is 9.47 Å². The number of aromatic nitrogens is 1. The van der Waals surface area contributed by atoms with Gasteiger partial charge in [0, 0.05) is 18.4 Å². The molecule has 1 heterocycles. The van der Waals surface area contributed by atoms with Crippen LogP contribution in [-0.2, 0) is 11.2 Å². The predicted molar refractivity (Wildman–Crippen MR) is 144 cm³/mol. The van der Waals surface area contributed by atoms with Crippen LogP contribution in [0.4, 0.5) is 13.2 Å². The van der Waals surface area contributed by atoms with Gasteiger partial charge in [-0.3, -0.25) is 4.98 Å². The standard InChI is InChI=1S/C31H38F3NO2/c1-3-5-7-8-9-10-24-11-20-29(35-22-24)27-14-12-25(13-15-27)26-16-18-28(19-17-26)37-23-30(31(32,33)34)36-21-6-4-2/h11-20,22,30H,3-10,21,23H2,1-2H3. The predicted octanol–water partition coefficient (Wildman–Crippen LogP) is 9.05. The Morgan fingerprint density at radius 3 is 1.95 bits per heavy atom. The summed E-state index contributed by atoms with van der Waals surface area (Å²) in [4.78, 5) is 4.65. The summed E-state index contributed by atoms with van der Waals surface area (Å²) >= 11 is 0. The molecule has 3 nitrogen and oxygen atoms in total. The number of halogens is 3. The molecule has 0 aliphatic rings. The summed E-state index contributed by atoms with van der Waals surface area (Å²) in [6.45, 7) is 3.64. The molecule has 0 aliphatic heterocycles. The maximum atomic E-state index is 13.2. The Morgan fingerprint density at radius 1 is 0.730 bits per heavy atom. The summed E-state index contributed by atoms with van der Waals surface area (Å²) in [6, 6.07) is 19.4. The molecule has 0 saturated carbocycles. The van der Waals surface area contributed by atoms with Crippen LogP contribution in [0.25, 0.3) is 22.4 Å². The molecule has 0 aliphatic carbocycles. The number of hydrogen-bond donors (Lipinski definition) is 0. The van der Waals surface area contributed by atoms with Crippen molar-refractivity contribution < 1.29 is 22.6 Å². The first kappa shape index (κ1) is 28.7. The molecule has 37 heavy (non-hydrogen) atoms. The van der Waals surface area contributed by atoms with E-state index in [1.807, 2.05) is 49.5 Å². The Bertz CT molecular complexity index is 1030. The van der Waals surface area contributed by atoms with E-state index in [0.29, 0.717) is 12.2 Å². The van der Waals surface area contributed by atoms with Gasteiger partial charge in [0.1, 0.15) is 12.4 Å². The molecule has 0 fully saturated rings. The molecule has 200 valence electrons. The smallest absolute Gasteiger partial charge is 0.417 e. The van der Waals surface area contributed by atoms with Crippen molar-refractivity contribution in [1.82, 2.24) is 4.98 Å². The number of hydrogen-bond acceptors (Lipinski definition) is 3. The highest BCUT2D eigenvalue weighted by Gasteiger charge is 2.41. The summed E-state index contributed by atoms with van der Waals surface area (Å²) in [7, 11) is 0. The van der Waals surface area contributed by atoms with Crippen LogP contribution >= 0.6 is 0 Å². The first-order chi connectivity index (χ1) is 17.9. The monoisotopic (exact) mass is 513 g/mol. The summed E-state index contributed by atoms with van der Waals surface area (Å²) in [5.41, 5.74) is 5.21. The fraction of sp³-hybridized carbons (Fsp3) is 0.452. The molecule has 3 rings (SSSR count). The summed E-state index contributed by atoms with van der Waals surface area (Å²) in [5.74, 6) is 0.378. The van der Waals surface area contributed by atoms with Crippen molar-refractivity contribution in [1.29, 1.82) is 0 Å². The molecule has 1 unspecified atom stereocenters. The van der Waals surface area contributed by atoms with E-state index in [1.165, 1.54) is 37.7 Å². The third-order valence-electron chi connectivity index (χ3n) is 6.35. The van der Waals surface area contributed by atoms with Gasteiger partial charge in [0.05, 0.1) is 5.69 Å². The van der Waals surface area contributed by atoms with Gasteiger partial charge in [-0.05, 0) is 54.2 Å². The van der Waals surface area contributed by atoms with Crippen molar-refractivity contribution >= 4 is 0 Å². The highest BCUT2D eigenvalue weighted by atomic mass is 19.4. The zero-order chi connectivity index (χ0) is 26.5. The van der Waals surface area contributed by atoms with Crippen molar-refractivity contribution in [3.63, 3.8) is 0 Å². The average Bonchev–Trinajstić information content (AvgIpc) is 2.91. The van der Waals surface area contributed by atoms with Crippen molar-refractivity contribution in [2.45, 2.75) is 77.5 Å². The zero-order valence-corrected chi connectivity index (χ0v) is 21.9. The Kier molecular flexibility index (Phi) is 11.5. The largest absolute Gasteiger partial charge is 0.491 e. The number of nitrogens with zero attached hydrogens (tertiary/aromatic N) is 1. The Hall–Kier alpha value is -2.86. The van der Waals surface area contributed by atoms with Gasteiger partial charge >= 0.3 is 6.18 Å². The third-order valence-corrected chi connectivity index (χ3v) is 6.35. The van der Waals surface area contributed by atoms with Gasteiger partial charge in [0.15, 0.2) is 6.10 Å². The lowest BCUT2D eigenvalue weighted by Gasteiger charge is -2.21. The molecule has 2 aromatic carbocycles. The fourth-order valence-corrected chi connectivity index (χ4v) is 4.03. The quantitative estimate of drug-likeness (QED) is 0.190. The summed E-state index contributed by atoms with van der Waals surface area (Å²) in [6.07, 6.45) is 4.35. The lowest BCUT2D eigenvalue weighted by Crippen LogP contribution is -2.37. The maximum absolute atomic E-state index is 13.2. The number of pyridine rings is 1. The van der Waals surface area contributed by atoms with E-state index in [1.54, 1.807) is 12.1 Å². The second-order valence-electron chi connectivity index (χ2n) is 9.38. The Balaban J connectivity index is 1.54. The lowest BCUT2D eigenvalue weighted by molar-refractivity contribution is -0.227. The van der Waals surface area contributed by atoms with E-state index in [4.69, 9.17) is 9.47 Å². The molecule has 6 heteroatoms. The van der Waals surface area contributed by atoms with Crippen molar-refractivity contribution in [2.75, 3.05) is 13.2 Å². The van der Waals surface area contributed by atoms with Crippen molar-refractivity contribution in [3.8, 4) is 28.1 Å². The molecule has 1 aromatic heterocycles. The molecule has 0 saturated heterocycles. The number of aryl methyl sites for hydroxylation is 1. The van der Waals surface area contributed by atoms with Crippen molar-refractivity contribution in [3.05, 3.63) is 72.4 Å². The van der Waals surface area contributed by atoms with Gasteiger partial charge in [0.25, 0.3) is 0 Å². The summed E-state index contributed by atoms with van der Waals surface area (Å²) < 4.78 is 49.9. The molecule has 0 spiro atoms. The van der Waals surface area contributed by atoms with Gasteiger partial charge in [0.2, 0.25) is 0 Å². The zero-order valence-electron chi connectivity index (χ0n) is 21.9. The minimum atomic E-state index is -4.46. The third kappa shape index (κ3) is 9.51. The van der Waals surface area contributed by atoms with Crippen LogP contribution in [0.2, 0.25) is 0 Å². The second-order valence-corrected chi connectivity index (χ2v) is 9.38. The lowest BCUT2D eigenvalue weighted by atomic mass is 10.0. The minimum absolute atomic E-state index is 0.0672. The molecular formula is C31H38F3NO2.